The highest BCUT2D eigenvalue weighted by atomic mass is 32.1. The number of likely N-dealkylation sites (N-methyl/N-ethyl adjacent to an activating group) is 1. The lowest BCUT2D eigenvalue weighted by molar-refractivity contribution is 0.275. The van der Waals surface area contributed by atoms with E-state index in [4.69, 9.17) is 4.98 Å². The van der Waals surface area contributed by atoms with Crippen LogP contribution in [0.2, 0.25) is 0 Å². The maximum atomic E-state index is 4.80. The first-order valence-corrected chi connectivity index (χ1v) is 8.51. The summed E-state index contributed by atoms with van der Waals surface area (Å²) in [7, 11) is 2.18. The van der Waals surface area contributed by atoms with Gasteiger partial charge in [0.15, 0.2) is 0 Å². The van der Waals surface area contributed by atoms with Crippen molar-refractivity contribution in [2.45, 2.75) is 26.3 Å². The van der Waals surface area contributed by atoms with Crippen molar-refractivity contribution < 1.29 is 0 Å². The predicted octanol–water partition coefficient (Wildman–Crippen LogP) is 2.65. The quantitative estimate of drug-likeness (QED) is 0.941. The van der Waals surface area contributed by atoms with Gasteiger partial charge < -0.3 is 15.1 Å². The van der Waals surface area contributed by atoms with E-state index in [9.17, 15) is 0 Å². The van der Waals surface area contributed by atoms with E-state index in [1.807, 2.05) is 0 Å². The summed E-state index contributed by atoms with van der Waals surface area (Å²) in [5, 5.41) is 6.61. The number of nitrogens with one attached hydrogen (secondary N) is 1. The van der Waals surface area contributed by atoms with E-state index < -0.39 is 0 Å². The zero-order chi connectivity index (χ0) is 14.8. The lowest BCUT2D eigenvalue weighted by Crippen LogP contribution is -2.50. The summed E-state index contributed by atoms with van der Waals surface area (Å²) in [6.45, 7) is 8.52. The minimum Gasteiger partial charge on any atom is -0.354 e. The molecule has 0 bridgehead atoms. The Balaban J connectivity index is 1.97. The van der Waals surface area contributed by atoms with Crippen LogP contribution in [0.15, 0.2) is 11.4 Å². The molecule has 0 aromatic carbocycles. The van der Waals surface area contributed by atoms with Crippen molar-refractivity contribution in [3.8, 4) is 0 Å². The molecular formula is C15H23N5S. The van der Waals surface area contributed by atoms with Gasteiger partial charge in [0, 0.05) is 32.2 Å². The van der Waals surface area contributed by atoms with Crippen LogP contribution < -0.4 is 10.2 Å². The van der Waals surface area contributed by atoms with Gasteiger partial charge >= 0.3 is 0 Å². The number of aromatic nitrogens is 2. The second-order valence-electron chi connectivity index (χ2n) is 5.74. The minimum absolute atomic E-state index is 0.473. The summed E-state index contributed by atoms with van der Waals surface area (Å²) in [5.74, 6) is 1.84. The molecule has 1 unspecified atom stereocenters. The number of anilines is 2. The minimum atomic E-state index is 0.473. The van der Waals surface area contributed by atoms with Gasteiger partial charge in [-0.1, -0.05) is 6.92 Å². The van der Waals surface area contributed by atoms with Crippen LogP contribution in [0, 0.1) is 0 Å². The first-order valence-electron chi connectivity index (χ1n) is 7.63. The van der Waals surface area contributed by atoms with Crippen molar-refractivity contribution in [3.63, 3.8) is 0 Å². The average molecular weight is 305 g/mol. The molecule has 21 heavy (non-hydrogen) atoms. The zero-order valence-electron chi connectivity index (χ0n) is 13.0. The predicted molar refractivity (Wildman–Crippen MR) is 90.5 cm³/mol. The van der Waals surface area contributed by atoms with Crippen molar-refractivity contribution in [3.05, 3.63) is 11.4 Å². The summed E-state index contributed by atoms with van der Waals surface area (Å²) in [6, 6.07) is 2.62. The van der Waals surface area contributed by atoms with Crippen molar-refractivity contribution in [1.82, 2.24) is 14.9 Å². The standard InChI is InChI=1S/C15H23N5S/c1-4-6-16-15-17-13(12-5-9-21-14(12)18-15)20-8-7-19(3)10-11(20)2/h5,9,11H,4,6-8,10H2,1-3H3,(H,16,17,18). The Labute approximate surface area is 130 Å². The van der Waals surface area contributed by atoms with Crippen LogP contribution >= 0.6 is 11.3 Å². The maximum Gasteiger partial charge on any atom is 0.226 e. The monoisotopic (exact) mass is 305 g/mol. The summed E-state index contributed by atoms with van der Waals surface area (Å²) in [4.78, 5) is 15.3. The molecule has 1 atom stereocenters. The van der Waals surface area contributed by atoms with Crippen LogP contribution in [0.3, 0.4) is 0 Å². The molecule has 0 spiro atoms. The van der Waals surface area contributed by atoms with Crippen molar-refractivity contribution in [2.24, 2.45) is 0 Å². The molecule has 1 fully saturated rings. The van der Waals surface area contributed by atoms with Crippen molar-refractivity contribution in [1.29, 1.82) is 0 Å². The van der Waals surface area contributed by atoms with Crippen LogP contribution in [-0.4, -0.2) is 54.1 Å². The number of hydrogen-bond donors (Lipinski definition) is 1. The molecule has 0 aliphatic carbocycles. The van der Waals surface area contributed by atoms with E-state index in [1.54, 1.807) is 11.3 Å². The van der Waals surface area contributed by atoms with Gasteiger partial charge in [-0.25, -0.2) is 4.98 Å². The average Bonchev–Trinajstić information content (AvgIpc) is 2.93. The molecule has 0 amide bonds. The number of nitrogens with zero attached hydrogens (tertiary/aromatic N) is 4. The van der Waals surface area contributed by atoms with Gasteiger partial charge in [-0.2, -0.15) is 4.98 Å². The van der Waals surface area contributed by atoms with Crippen LogP contribution in [-0.2, 0) is 0 Å². The molecule has 1 aliphatic heterocycles. The molecule has 5 nitrogen and oxygen atoms in total. The summed E-state index contributed by atoms with van der Waals surface area (Å²) < 4.78 is 0. The Morgan fingerprint density at radius 3 is 3.00 bits per heavy atom. The Bertz CT molecular complexity index is 611. The molecule has 0 saturated carbocycles. The molecule has 2 aromatic rings. The molecule has 0 radical (unpaired) electrons. The van der Waals surface area contributed by atoms with Crippen molar-refractivity contribution >= 4 is 33.3 Å². The van der Waals surface area contributed by atoms with Gasteiger partial charge in [0.05, 0.1) is 5.39 Å². The third-order valence-corrected chi connectivity index (χ3v) is 4.75. The molecule has 2 aromatic heterocycles. The van der Waals surface area contributed by atoms with E-state index in [0.717, 1.165) is 49.2 Å². The van der Waals surface area contributed by atoms with Gasteiger partial charge in [0.1, 0.15) is 10.6 Å². The second kappa shape index (κ2) is 6.15. The normalized spacial score (nSPS) is 20.1. The van der Waals surface area contributed by atoms with Gasteiger partial charge in [-0.05, 0) is 31.8 Å². The Kier molecular flexibility index (Phi) is 4.26. The number of thiophene rings is 1. The van der Waals surface area contributed by atoms with Gasteiger partial charge in [0.2, 0.25) is 5.95 Å². The molecule has 1 N–H and O–H groups in total. The Hall–Kier alpha value is -1.40. The zero-order valence-corrected chi connectivity index (χ0v) is 13.8. The van der Waals surface area contributed by atoms with Crippen LogP contribution in [0.25, 0.3) is 10.2 Å². The largest absolute Gasteiger partial charge is 0.354 e. The highest BCUT2D eigenvalue weighted by Gasteiger charge is 2.25. The Morgan fingerprint density at radius 2 is 2.24 bits per heavy atom. The SMILES string of the molecule is CCCNc1nc(N2CCN(C)CC2C)c2ccsc2n1. The van der Waals surface area contributed by atoms with Crippen LogP contribution in [0.5, 0.6) is 0 Å². The highest BCUT2D eigenvalue weighted by Crippen LogP contribution is 2.31. The van der Waals surface area contributed by atoms with Crippen LogP contribution in [0.4, 0.5) is 11.8 Å². The molecule has 1 aliphatic rings. The van der Waals surface area contributed by atoms with E-state index >= 15 is 0 Å². The van der Waals surface area contributed by atoms with E-state index in [0.29, 0.717) is 6.04 Å². The highest BCUT2D eigenvalue weighted by molar-refractivity contribution is 7.16. The topological polar surface area (TPSA) is 44.3 Å². The van der Waals surface area contributed by atoms with Gasteiger partial charge in [-0.15, -0.1) is 11.3 Å². The number of hydrogen-bond acceptors (Lipinski definition) is 6. The smallest absolute Gasteiger partial charge is 0.226 e. The molecule has 6 heteroatoms. The molecular weight excluding hydrogens is 282 g/mol. The lowest BCUT2D eigenvalue weighted by atomic mass is 10.2. The van der Waals surface area contributed by atoms with Gasteiger partial charge in [0.25, 0.3) is 0 Å². The van der Waals surface area contributed by atoms with E-state index in [2.05, 4.69) is 52.4 Å². The third kappa shape index (κ3) is 2.96. The van der Waals surface area contributed by atoms with E-state index in [1.165, 1.54) is 5.39 Å². The fourth-order valence-electron chi connectivity index (χ4n) is 2.83. The van der Waals surface area contributed by atoms with Crippen LogP contribution in [0.1, 0.15) is 20.3 Å². The molecule has 1 saturated heterocycles. The van der Waals surface area contributed by atoms with Gasteiger partial charge in [-0.3, -0.25) is 0 Å². The third-order valence-electron chi connectivity index (χ3n) is 3.94. The summed E-state index contributed by atoms with van der Waals surface area (Å²) in [6.07, 6.45) is 1.08. The molecule has 3 rings (SSSR count). The maximum absolute atomic E-state index is 4.80. The van der Waals surface area contributed by atoms with Crippen molar-refractivity contribution in [2.75, 3.05) is 43.4 Å². The number of piperazine rings is 1. The first kappa shape index (κ1) is 14.5. The summed E-state index contributed by atoms with van der Waals surface area (Å²) >= 11 is 1.69. The number of rotatable bonds is 4. The van der Waals surface area contributed by atoms with E-state index in [-0.39, 0.29) is 0 Å². The number of fused-ring (bicyclic) bond motifs is 1. The Morgan fingerprint density at radius 1 is 1.38 bits per heavy atom. The second-order valence-corrected chi connectivity index (χ2v) is 6.64. The molecule has 114 valence electrons. The first-order chi connectivity index (χ1) is 10.2. The molecule has 3 heterocycles. The lowest BCUT2D eigenvalue weighted by Gasteiger charge is -2.39. The fraction of sp³-hybridized carbons (Fsp3) is 0.600. The fourth-order valence-corrected chi connectivity index (χ4v) is 3.59. The summed E-state index contributed by atoms with van der Waals surface area (Å²) in [5.41, 5.74) is 0.